The Morgan fingerprint density at radius 1 is 0.833 bits per heavy atom. The molecule has 1 rings (SSSR count). The molecule has 0 saturated carbocycles. The highest BCUT2D eigenvalue weighted by atomic mass is 28.2. The lowest BCUT2D eigenvalue weighted by Crippen LogP contribution is -2.04. The molecule has 0 aliphatic heterocycles. The first-order chi connectivity index (χ1) is 5.86. The second kappa shape index (κ2) is 5.54. The summed E-state index contributed by atoms with van der Waals surface area (Å²) < 4.78 is 0. The lowest BCUT2D eigenvalue weighted by atomic mass is 10.2. The maximum Gasteiger partial charge on any atom is 0.0324 e. The molecule has 1 aliphatic rings. The molecular weight excluding hydrogens is 176 g/mol. The highest BCUT2D eigenvalue weighted by Crippen LogP contribution is 2.22. The fraction of sp³-hybridized carbons (Fsp3) is 0.600. The molecule has 0 bridgehead atoms. The predicted molar refractivity (Wildman–Crippen MR) is 63.8 cm³/mol. The van der Waals surface area contributed by atoms with Crippen LogP contribution in [0.3, 0.4) is 0 Å². The third-order valence-electron chi connectivity index (χ3n) is 2.46. The van der Waals surface area contributed by atoms with Crippen molar-refractivity contribution in [3.63, 3.8) is 0 Å². The lowest BCUT2D eigenvalue weighted by Gasteiger charge is -2.14. The van der Waals surface area contributed by atoms with E-state index in [2.05, 4.69) is 38.2 Å². The smallest absolute Gasteiger partial charge is 0.0324 e. The summed E-state index contributed by atoms with van der Waals surface area (Å²) in [6.45, 7) is 4.64. The van der Waals surface area contributed by atoms with E-state index < -0.39 is 0 Å². The summed E-state index contributed by atoms with van der Waals surface area (Å²) in [6, 6.07) is 2.88. The Morgan fingerprint density at radius 3 is 1.42 bits per heavy atom. The van der Waals surface area contributed by atoms with E-state index in [0.29, 0.717) is 0 Å². The first-order valence-corrected chi connectivity index (χ1v) is 8.86. The summed E-state index contributed by atoms with van der Waals surface area (Å²) in [6.07, 6.45) is 9.90. The van der Waals surface area contributed by atoms with Crippen molar-refractivity contribution in [2.45, 2.75) is 37.0 Å². The maximum atomic E-state index is 2.48. The van der Waals surface area contributed by atoms with Crippen molar-refractivity contribution < 1.29 is 0 Å². The summed E-state index contributed by atoms with van der Waals surface area (Å²) in [5.74, 6) is 0. The van der Waals surface area contributed by atoms with Gasteiger partial charge < -0.3 is 0 Å². The van der Waals surface area contributed by atoms with Crippen LogP contribution in [0, 0.1) is 0 Å². The van der Waals surface area contributed by atoms with Crippen molar-refractivity contribution in [2.24, 2.45) is 0 Å². The molecule has 1 aliphatic carbocycles. The highest BCUT2D eigenvalue weighted by molar-refractivity contribution is 6.41. The molecule has 0 atom stereocenters. The molecule has 12 heavy (non-hydrogen) atoms. The van der Waals surface area contributed by atoms with Gasteiger partial charge in [-0.3, -0.25) is 0 Å². The second-order valence-corrected chi connectivity index (χ2v) is 8.72. The highest BCUT2D eigenvalue weighted by Gasteiger charge is 2.07. The zero-order valence-corrected chi connectivity index (χ0v) is 11.1. The van der Waals surface area contributed by atoms with Crippen LogP contribution in [0.25, 0.3) is 0 Å². The van der Waals surface area contributed by atoms with Gasteiger partial charge in [-0.25, -0.2) is 0 Å². The molecule has 0 saturated heterocycles. The molecule has 0 aromatic carbocycles. The van der Waals surface area contributed by atoms with Gasteiger partial charge in [0.05, 0.1) is 0 Å². The first-order valence-electron chi connectivity index (χ1n) is 5.23. The maximum absolute atomic E-state index is 2.48. The quantitative estimate of drug-likeness (QED) is 0.476. The van der Waals surface area contributed by atoms with E-state index in [1.807, 2.05) is 0 Å². The average Bonchev–Trinajstić information content (AvgIpc) is 2.09. The second-order valence-electron chi connectivity index (χ2n) is 3.67. The van der Waals surface area contributed by atoms with E-state index in [1.165, 1.54) is 12.1 Å². The van der Waals surface area contributed by atoms with Crippen LogP contribution in [-0.2, 0) is 0 Å². The molecule has 0 amide bonds. The Hall–Kier alpha value is -0.0862. The summed E-state index contributed by atoms with van der Waals surface area (Å²) >= 11 is 0. The normalized spacial score (nSPS) is 29.8. The van der Waals surface area contributed by atoms with Gasteiger partial charge >= 0.3 is 0 Å². The van der Waals surface area contributed by atoms with Gasteiger partial charge in [-0.05, 0) is 11.1 Å². The zero-order chi connectivity index (χ0) is 8.81. The summed E-state index contributed by atoms with van der Waals surface area (Å²) in [7, 11) is 0.362. The lowest BCUT2D eigenvalue weighted by molar-refractivity contribution is 1.17. The largest absolute Gasteiger partial charge is 0.0847 e. The SMILES string of the molecule is CC[SiH2]C1C=CC([SiH2]CC)C=C1. The van der Waals surface area contributed by atoms with Gasteiger partial charge in [-0.1, -0.05) is 50.2 Å². The van der Waals surface area contributed by atoms with Crippen molar-refractivity contribution in [2.75, 3.05) is 0 Å². The van der Waals surface area contributed by atoms with Gasteiger partial charge in [0, 0.05) is 19.0 Å². The Balaban J connectivity index is 2.32. The molecule has 0 aromatic heterocycles. The summed E-state index contributed by atoms with van der Waals surface area (Å²) in [4.78, 5) is 0. The Kier molecular flexibility index (Phi) is 4.62. The van der Waals surface area contributed by atoms with Gasteiger partial charge in [0.2, 0.25) is 0 Å². The van der Waals surface area contributed by atoms with E-state index in [9.17, 15) is 0 Å². The van der Waals surface area contributed by atoms with E-state index in [0.717, 1.165) is 11.1 Å². The molecule has 0 unspecified atom stereocenters. The zero-order valence-electron chi connectivity index (χ0n) is 8.29. The minimum Gasteiger partial charge on any atom is -0.0847 e. The monoisotopic (exact) mass is 196 g/mol. The van der Waals surface area contributed by atoms with Crippen molar-refractivity contribution in [3.05, 3.63) is 24.3 Å². The van der Waals surface area contributed by atoms with Gasteiger partial charge in [0.15, 0.2) is 0 Å². The van der Waals surface area contributed by atoms with Gasteiger partial charge in [0.1, 0.15) is 0 Å². The first kappa shape index (κ1) is 10.00. The van der Waals surface area contributed by atoms with Crippen LogP contribution in [0.4, 0.5) is 0 Å². The molecule has 2 heteroatoms. The van der Waals surface area contributed by atoms with Gasteiger partial charge in [-0.15, -0.1) is 0 Å². The van der Waals surface area contributed by atoms with E-state index in [4.69, 9.17) is 0 Å². The molecular formula is C10H20Si2. The molecule has 0 spiro atoms. The van der Waals surface area contributed by atoms with Crippen molar-refractivity contribution in [3.8, 4) is 0 Å². The van der Waals surface area contributed by atoms with Crippen LogP contribution in [0.5, 0.6) is 0 Å². The third kappa shape index (κ3) is 3.11. The Bertz CT molecular complexity index is 141. The van der Waals surface area contributed by atoms with Crippen LogP contribution in [0.2, 0.25) is 23.2 Å². The number of rotatable bonds is 4. The number of hydrogen-bond acceptors (Lipinski definition) is 0. The molecule has 0 heterocycles. The minimum absolute atomic E-state index is 0.181. The molecule has 0 N–H and O–H groups in total. The van der Waals surface area contributed by atoms with Crippen molar-refractivity contribution in [1.29, 1.82) is 0 Å². The van der Waals surface area contributed by atoms with Gasteiger partial charge in [-0.2, -0.15) is 0 Å². The van der Waals surface area contributed by atoms with E-state index in [1.54, 1.807) is 0 Å². The Morgan fingerprint density at radius 2 is 1.17 bits per heavy atom. The van der Waals surface area contributed by atoms with Crippen LogP contribution >= 0.6 is 0 Å². The third-order valence-corrected chi connectivity index (χ3v) is 6.03. The van der Waals surface area contributed by atoms with Crippen LogP contribution in [0.15, 0.2) is 24.3 Å². The minimum atomic E-state index is 0.181. The van der Waals surface area contributed by atoms with Crippen LogP contribution < -0.4 is 0 Å². The Labute approximate surface area is 80.8 Å². The molecule has 68 valence electrons. The van der Waals surface area contributed by atoms with Gasteiger partial charge in [0.25, 0.3) is 0 Å². The fourth-order valence-electron chi connectivity index (χ4n) is 1.75. The molecule has 0 nitrogen and oxygen atoms in total. The average molecular weight is 196 g/mol. The molecule has 0 aromatic rings. The van der Waals surface area contributed by atoms with Crippen LogP contribution in [0.1, 0.15) is 13.8 Å². The molecule has 0 radical (unpaired) electrons. The predicted octanol–water partition coefficient (Wildman–Crippen LogP) is 1.90. The van der Waals surface area contributed by atoms with E-state index in [-0.39, 0.29) is 19.0 Å². The number of allylic oxidation sites excluding steroid dienone is 4. The number of hydrogen-bond donors (Lipinski definition) is 0. The fourth-order valence-corrected chi connectivity index (χ4v) is 4.48. The molecule has 0 fully saturated rings. The summed E-state index contributed by atoms with van der Waals surface area (Å²) in [5, 5.41) is 0. The summed E-state index contributed by atoms with van der Waals surface area (Å²) in [5.41, 5.74) is 1.77. The van der Waals surface area contributed by atoms with Crippen molar-refractivity contribution in [1.82, 2.24) is 0 Å². The van der Waals surface area contributed by atoms with Crippen molar-refractivity contribution >= 4 is 19.0 Å². The van der Waals surface area contributed by atoms with E-state index >= 15 is 0 Å². The topological polar surface area (TPSA) is 0 Å². The van der Waals surface area contributed by atoms with Crippen LogP contribution in [-0.4, -0.2) is 19.0 Å². The standard InChI is InChI=1S/C10H20Si2/c1-3-11-9-5-7-10(8-6-9)12-4-2/h5-10H,3-4,11-12H2,1-2H3.